The van der Waals surface area contributed by atoms with Gasteiger partial charge < -0.3 is 4.74 Å². The molecule has 0 aliphatic heterocycles. The lowest BCUT2D eigenvalue weighted by molar-refractivity contribution is -0.385. The second-order valence-corrected chi connectivity index (χ2v) is 6.69. The van der Waals surface area contributed by atoms with Crippen molar-refractivity contribution in [2.24, 2.45) is 0 Å². The number of carbonyl (C=O) groups is 2. The van der Waals surface area contributed by atoms with Crippen LogP contribution < -0.4 is 0 Å². The maximum Gasteiger partial charge on any atom is 0.339 e. The molecule has 2 aromatic rings. The number of hydrogen-bond donors (Lipinski definition) is 0. The minimum absolute atomic E-state index is 0.0340. The van der Waals surface area contributed by atoms with Crippen molar-refractivity contribution in [3.05, 3.63) is 67.3 Å². The number of hydrogen-bond acceptors (Lipinski definition) is 7. The smallest absolute Gasteiger partial charge is 0.339 e. The first kappa shape index (κ1) is 20.1. The van der Waals surface area contributed by atoms with Gasteiger partial charge in [0, 0.05) is 41.0 Å². The molecule has 150 valence electrons. The zero-order valence-electron chi connectivity index (χ0n) is 15.7. The average Bonchev–Trinajstić information content (AvgIpc) is 2.98. The summed E-state index contributed by atoms with van der Waals surface area (Å²) in [4.78, 5) is 46.4. The van der Waals surface area contributed by atoms with Crippen molar-refractivity contribution in [1.82, 2.24) is 0 Å². The second kappa shape index (κ2) is 8.17. The van der Waals surface area contributed by atoms with Crippen LogP contribution in [0, 0.1) is 20.2 Å². The van der Waals surface area contributed by atoms with Gasteiger partial charge in [-0.3, -0.25) is 25.0 Å². The molecule has 0 radical (unpaired) electrons. The Labute approximate surface area is 165 Å². The lowest BCUT2D eigenvalue weighted by atomic mass is 9.98. The Morgan fingerprint density at radius 1 is 0.931 bits per heavy atom. The molecule has 3 rings (SSSR count). The van der Waals surface area contributed by atoms with Crippen molar-refractivity contribution in [2.75, 3.05) is 6.61 Å². The minimum Gasteiger partial charge on any atom is -0.462 e. The third kappa shape index (κ3) is 3.84. The molecule has 0 heterocycles. The molecule has 0 unspecified atom stereocenters. The van der Waals surface area contributed by atoms with Gasteiger partial charge in [0.15, 0.2) is 5.78 Å². The Morgan fingerprint density at radius 3 is 2.28 bits per heavy atom. The number of ether oxygens (including phenoxy) is 1. The van der Waals surface area contributed by atoms with E-state index in [2.05, 4.69) is 6.92 Å². The highest BCUT2D eigenvalue weighted by Crippen LogP contribution is 2.42. The number of nitrogens with zero attached hydrogens (tertiary/aromatic N) is 2. The van der Waals surface area contributed by atoms with Gasteiger partial charge in [-0.1, -0.05) is 26.2 Å². The molecule has 0 saturated heterocycles. The van der Waals surface area contributed by atoms with Crippen LogP contribution in [0.1, 0.15) is 58.9 Å². The van der Waals surface area contributed by atoms with Gasteiger partial charge in [0.05, 0.1) is 22.0 Å². The Morgan fingerprint density at radius 2 is 1.62 bits per heavy atom. The van der Waals surface area contributed by atoms with Crippen molar-refractivity contribution in [3.63, 3.8) is 0 Å². The molecule has 29 heavy (non-hydrogen) atoms. The second-order valence-electron chi connectivity index (χ2n) is 6.69. The van der Waals surface area contributed by atoms with Gasteiger partial charge in [-0.15, -0.1) is 0 Å². The van der Waals surface area contributed by atoms with E-state index < -0.39 is 27.3 Å². The third-order valence-electron chi connectivity index (χ3n) is 4.76. The molecular formula is C20H18N2O7. The van der Waals surface area contributed by atoms with E-state index in [0.717, 1.165) is 37.5 Å². The first-order valence-electron chi connectivity index (χ1n) is 9.18. The summed E-state index contributed by atoms with van der Waals surface area (Å²) in [7, 11) is 0. The average molecular weight is 398 g/mol. The highest BCUT2D eigenvalue weighted by molar-refractivity contribution is 6.24. The number of ketones is 1. The Hall–Kier alpha value is -3.62. The van der Waals surface area contributed by atoms with Crippen LogP contribution in [-0.2, 0) is 4.74 Å². The van der Waals surface area contributed by atoms with Crippen LogP contribution in [0.15, 0.2) is 30.3 Å². The van der Waals surface area contributed by atoms with Crippen LogP contribution in [0.5, 0.6) is 0 Å². The molecule has 9 nitrogen and oxygen atoms in total. The Balaban J connectivity index is 2.03. The zero-order chi connectivity index (χ0) is 21.1. The van der Waals surface area contributed by atoms with Gasteiger partial charge in [-0.05, 0) is 18.1 Å². The number of unbranched alkanes of at least 4 members (excludes halogenated alkanes) is 3. The van der Waals surface area contributed by atoms with E-state index in [4.69, 9.17) is 4.74 Å². The fourth-order valence-electron chi connectivity index (χ4n) is 3.33. The van der Waals surface area contributed by atoms with Crippen molar-refractivity contribution in [3.8, 4) is 11.1 Å². The molecule has 0 bridgehead atoms. The summed E-state index contributed by atoms with van der Waals surface area (Å²) in [5.74, 6) is -1.36. The first-order valence-corrected chi connectivity index (χ1v) is 9.18. The standard InChI is InChI=1S/C20H18N2O7/c1-2-3-4-5-8-29-20(24)17-11-13(22(27)28)10-16-18(17)14-7-6-12(21(25)26)9-15(14)19(16)23/h6-7,9-11H,2-5,8H2,1H3. The largest absolute Gasteiger partial charge is 0.462 e. The first-order chi connectivity index (χ1) is 13.8. The van der Waals surface area contributed by atoms with Crippen LogP contribution in [0.3, 0.4) is 0 Å². The van der Waals surface area contributed by atoms with Crippen LogP contribution in [-0.4, -0.2) is 28.2 Å². The number of rotatable bonds is 8. The third-order valence-corrected chi connectivity index (χ3v) is 4.76. The quantitative estimate of drug-likeness (QED) is 0.237. The molecule has 0 fully saturated rings. The lowest BCUT2D eigenvalue weighted by Gasteiger charge is -2.09. The van der Waals surface area contributed by atoms with Crippen molar-refractivity contribution >= 4 is 23.1 Å². The molecule has 0 spiro atoms. The van der Waals surface area contributed by atoms with Gasteiger partial charge in [-0.2, -0.15) is 0 Å². The number of fused-ring (bicyclic) bond motifs is 3. The topological polar surface area (TPSA) is 130 Å². The van der Waals surface area contributed by atoms with Gasteiger partial charge in [0.2, 0.25) is 0 Å². The highest BCUT2D eigenvalue weighted by Gasteiger charge is 2.35. The summed E-state index contributed by atoms with van der Waals surface area (Å²) < 4.78 is 5.27. The molecule has 9 heteroatoms. The molecular weight excluding hydrogens is 380 g/mol. The summed E-state index contributed by atoms with van der Waals surface area (Å²) >= 11 is 0. The fourth-order valence-corrected chi connectivity index (χ4v) is 3.33. The molecule has 1 aliphatic carbocycles. The molecule has 1 aliphatic rings. The summed E-state index contributed by atoms with van der Waals surface area (Å²) in [6, 6.07) is 5.88. The maximum absolute atomic E-state index is 12.7. The summed E-state index contributed by atoms with van der Waals surface area (Å²) in [5, 5.41) is 22.3. The Bertz CT molecular complexity index is 1030. The molecule has 2 aromatic carbocycles. The summed E-state index contributed by atoms with van der Waals surface area (Å²) in [6.45, 7) is 2.22. The van der Waals surface area contributed by atoms with Crippen molar-refractivity contribution in [1.29, 1.82) is 0 Å². The lowest BCUT2D eigenvalue weighted by Crippen LogP contribution is -2.10. The predicted molar refractivity (Wildman–Crippen MR) is 103 cm³/mol. The van der Waals surface area contributed by atoms with Crippen molar-refractivity contribution < 1.29 is 24.2 Å². The highest BCUT2D eigenvalue weighted by atomic mass is 16.6. The van der Waals surface area contributed by atoms with E-state index in [1.54, 1.807) is 0 Å². The van der Waals surface area contributed by atoms with Gasteiger partial charge in [0.25, 0.3) is 11.4 Å². The summed E-state index contributed by atoms with van der Waals surface area (Å²) in [6.07, 6.45) is 3.59. The predicted octanol–water partition coefficient (Wildman–Crippen LogP) is 4.45. The normalized spacial score (nSPS) is 11.7. The monoisotopic (exact) mass is 398 g/mol. The van der Waals surface area contributed by atoms with Gasteiger partial charge in [0.1, 0.15) is 0 Å². The van der Waals surface area contributed by atoms with Crippen LogP contribution >= 0.6 is 0 Å². The van der Waals surface area contributed by atoms with E-state index >= 15 is 0 Å². The van der Waals surface area contributed by atoms with E-state index in [0.29, 0.717) is 12.0 Å². The van der Waals surface area contributed by atoms with Crippen LogP contribution in [0.4, 0.5) is 11.4 Å². The van der Waals surface area contributed by atoms with Crippen LogP contribution in [0.2, 0.25) is 0 Å². The Kier molecular flexibility index (Phi) is 5.67. The number of nitro benzene ring substituents is 2. The van der Waals surface area contributed by atoms with Gasteiger partial charge >= 0.3 is 5.97 Å². The fraction of sp³-hybridized carbons (Fsp3) is 0.300. The maximum atomic E-state index is 12.7. The number of carbonyl (C=O) groups excluding carboxylic acids is 2. The summed E-state index contributed by atoms with van der Waals surface area (Å²) in [5.41, 5.74) is -0.255. The minimum atomic E-state index is -0.763. The molecule has 0 amide bonds. The van der Waals surface area contributed by atoms with E-state index in [-0.39, 0.29) is 34.5 Å². The van der Waals surface area contributed by atoms with Crippen LogP contribution in [0.25, 0.3) is 11.1 Å². The number of esters is 1. The molecule has 0 N–H and O–H groups in total. The van der Waals surface area contributed by atoms with E-state index in [1.165, 1.54) is 12.1 Å². The molecule has 0 aromatic heterocycles. The number of nitro groups is 2. The molecule has 0 atom stereocenters. The SMILES string of the molecule is CCCCCCOC(=O)c1cc([N+](=O)[O-])cc2c1-c1ccc([N+](=O)[O-])cc1C2=O. The number of benzene rings is 2. The number of non-ortho nitro benzene ring substituents is 2. The van der Waals surface area contributed by atoms with Gasteiger partial charge in [-0.25, -0.2) is 4.79 Å². The van der Waals surface area contributed by atoms with E-state index in [1.807, 2.05) is 0 Å². The zero-order valence-corrected chi connectivity index (χ0v) is 15.7. The van der Waals surface area contributed by atoms with E-state index in [9.17, 15) is 29.8 Å². The molecule has 0 saturated carbocycles. The van der Waals surface area contributed by atoms with Crippen molar-refractivity contribution in [2.45, 2.75) is 32.6 Å².